The van der Waals surface area contributed by atoms with Gasteiger partial charge in [-0.2, -0.15) is 0 Å². The molecule has 0 saturated heterocycles. The van der Waals surface area contributed by atoms with Crippen molar-refractivity contribution in [3.05, 3.63) is 0 Å². The third-order valence-electron chi connectivity index (χ3n) is 2.13. The minimum Gasteiger partial charge on any atom is -0.385 e. The summed E-state index contributed by atoms with van der Waals surface area (Å²) < 4.78 is 4.88. The summed E-state index contributed by atoms with van der Waals surface area (Å²) in [5.74, 6) is 2.31. The zero-order valence-corrected chi connectivity index (χ0v) is 9.45. The lowest BCUT2D eigenvalue weighted by atomic mass is 10.1. The molecule has 0 rings (SSSR count). The van der Waals surface area contributed by atoms with Crippen LogP contribution in [0.25, 0.3) is 0 Å². The number of methoxy groups -OCH3 is 1. The van der Waals surface area contributed by atoms with Gasteiger partial charge in [-0.3, -0.25) is 4.79 Å². The highest BCUT2D eigenvalue weighted by molar-refractivity contribution is 5.82. The summed E-state index contributed by atoms with van der Waals surface area (Å²) in [6.45, 7) is 2.54. The Morgan fingerprint density at radius 1 is 1.67 bits per heavy atom. The molecule has 0 aromatic heterocycles. The van der Waals surface area contributed by atoms with Gasteiger partial charge in [-0.05, 0) is 19.3 Å². The van der Waals surface area contributed by atoms with Crippen molar-refractivity contribution in [3.63, 3.8) is 0 Å². The van der Waals surface area contributed by atoms with Crippen LogP contribution in [0.2, 0.25) is 0 Å². The van der Waals surface area contributed by atoms with Crippen LogP contribution in [0.1, 0.15) is 26.2 Å². The first-order valence-corrected chi connectivity index (χ1v) is 5.16. The van der Waals surface area contributed by atoms with E-state index in [4.69, 9.17) is 16.9 Å². The van der Waals surface area contributed by atoms with Crippen LogP contribution in [0.15, 0.2) is 0 Å². The lowest BCUT2D eigenvalue weighted by Gasteiger charge is -2.15. The molecular weight excluding hydrogens is 192 g/mol. The second kappa shape index (κ2) is 8.27. The van der Waals surface area contributed by atoms with E-state index in [9.17, 15) is 4.79 Å². The van der Waals surface area contributed by atoms with Crippen molar-refractivity contribution in [1.29, 1.82) is 0 Å². The molecule has 2 atom stereocenters. The van der Waals surface area contributed by atoms with E-state index < -0.39 is 6.04 Å². The Hall–Kier alpha value is -1.05. The molecule has 15 heavy (non-hydrogen) atoms. The van der Waals surface area contributed by atoms with Crippen LogP contribution in [0, 0.1) is 12.3 Å². The zero-order chi connectivity index (χ0) is 11.7. The first-order valence-electron chi connectivity index (χ1n) is 5.16. The SMILES string of the molecule is C#CC(CC)NC(=O)C(N)CCCOC. The molecule has 0 aromatic rings. The Labute approximate surface area is 91.6 Å². The number of hydrogen-bond donors (Lipinski definition) is 2. The van der Waals surface area contributed by atoms with Crippen LogP contribution in [-0.2, 0) is 9.53 Å². The number of nitrogens with two attached hydrogens (primary N) is 1. The van der Waals surface area contributed by atoms with E-state index in [1.165, 1.54) is 0 Å². The van der Waals surface area contributed by atoms with Crippen LogP contribution in [0.3, 0.4) is 0 Å². The Bertz CT molecular complexity index is 223. The molecule has 0 aliphatic heterocycles. The Balaban J connectivity index is 3.83. The molecule has 0 heterocycles. The predicted molar refractivity (Wildman–Crippen MR) is 60.1 cm³/mol. The molecule has 2 unspecified atom stereocenters. The Morgan fingerprint density at radius 3 is 2.80 bits per heavy atom. The summed E-state index contributed by atoms with van der Waals surface area (Å²) in [6, 6.07) is -0.714. The van der Waals surface area contributed by atoms with Gasteiger partial charge in [-0.25, -0.2) is 0 Å². The number of ether oxygens (including phenoxy) is 1. The second-order valence-corrected chi connectivity index (χ2v) is 3.38. The van der Waals surface area contributed by atoms with Crippen LogP contribution in [0.4, 0.5) is 0 Å². The number of carbonyl (C=O) groups excluding carboxylic acids is 1. The summed E-state index contributed by atoms with van der Waals surface area (Å²) in [6.07, 6.45) is 7.33. The molecule has 0 aliphatic carbocycles. The molecule has 4 nitrogen and oxygen atoms in total. The molecule has 4 heteroatoms. The lowest BCUT2D eigenvalue weighted by Crippen LogP contribution is -2.44. The zero-order valence-electron chi connectivity index (χ0n) is 9.45. The Kier molecular flexibility index (Phi) is 7.69. The van der Waals surface area contributed by atoms with Crippen molar-refractivity contribution < 1.29 is 9.53 Å². The Morgan fingerprint density at radius 2 is 2.33 bits per heavy atom. The van der Waals surface area contributed by atoms with Gasteiger partial charge in [0.2, 0.25) is 5.91 Å². The summed E-state index contributed by atoms with van der Waals surface area (Å²) in [7, 11) is 1.62. The normalized spacial score (nSPS) is 14.0. The summed E-state index contributed by atoms with van der Waals surface area (Å²) in [4.78, 5) is 11.5. The van der Waals surface area contributed by atoms with Gasteiger partial charge in [0, 0.05) is 13.7 Å². The average Bonchev–Trinajstić information content (AvgIpc) is 2.25. The van der Waals surface area contributed by atoms with Gasteiger partial charge in [0.15, 0.2) is 0 Å². The molecule has 1 amide bonds. The molecule has 0 fully saturated rings. The fourth-order valence-corrected chi connectivity index (χ4v) is 1.12. The topological polar surface area (TPSA) is 64.4 Å². The molecular formula is C11H20N2O2. The maximum absolute atomic E-state index is 11.5. The van der Waals surface area contributed by atoms with Crippen LogP contribution in [-0.4, -0.2) is 31.7 Å². The van der Waals surface area contributed by atoms with Gasteiger partial charge in [-0.15, -0.1) is 6.42 Å². The van der Waals surface area contributed by atoms with Crippen molar-refractivity contribution in [3.8, 4) is 12.3 Å². The number of nitrogens with one attached hydrogen (secondary N) is 1. The molecule has 0 radical (unpaired) electrons. The van der Waals surface area contributed by atoms with Crippen molar-refractivity contribution in [2.24, 2.45) is 5.73 Å². The number of rotatable bonds is 7. The second-order valence-electron chi connectivity index (χ2n) is 3.38. The van der Waals surface area contributed by atoms with Crippen molar-refractivity contribution in [1.82, 2.24) is 5.32 Å². The first-order chi connectivity index (χ1) is 7.15. The predicted octanol–water partition coefficient (Wildman–Crippen LogP) is 0.268. The third kappa shape index (κ3) is 6.10. The fraction of sp³-hybridized carbons (Fsp3) is 0.727. The van der Waals surface area contributed by atoms with E-state index in [0.717, 1.165) is 6.42 Å². The smallest absolute Gasteiger partial charge is 0.237 e. The van der Waals surface area contributed by atoms with Crippen LogP contribution < -0.4 is 11.1 Å². The molecule has 3 N–H and O–H groups in total. The van der Waals surface area contributed by atoms with Gasteiger partial charge < -0.3 is 15.8 Å². The van der Waals surface area contributed by atoms with E-state index in [2.05, 4.69) is 11.2 Å². The largest absolute Gasteiger partial charge is 0.385 e. The van der Waals surface area contributed by atoms with E-state index in [-0.39, 0.29) is 11.9 Å². The lowest BCUT2D eigenvalue weighted by molar-refractivity contribution is -0.122. The van der Waals surface area contributed by atoms with Crippen molar-refractivity contribution in [2.45, 2.75) is 38.3 Å². The number of amides is 1. The maximum atomic E-state index is 11.5. The maximum Gasteiger partial charge on any atom is 0.237 e. The van der Waals surface area contributed by atoms with Gasteiger partial charge in [0.05, 0.1) is 12.1 Å². The number of carbonyl (C=O) groups is 1. The molecule has 0 aliphatic rings. The first kappa shape index (κ1) is 13.9. The average molecular weight is 212 g/mol. The third-order valence-corrected chi connectivity index (χ3v) is 2.13. The minimum atomic E-state index is -0.498. The molecule has 0 bridgehead atoms. The molecule has 86 valence electrons. The van der Waals surface area contributed by atoms with Crippen LogP contribution in [0.5, 0.6) is 0 Å². The van der Waals surface area contributed by atoms with Crippen molar-refractivity contribution >= 4 is 5.91 Å². The van der Waals surface area contributed by atoms with Gasteiger partial charge in [0.1, 0.15) is 0 Å². The van der Waals surface area contributed by atoms with E-state index >= 15 is 0 Å². The van der Waals surface area contributed by atoms with E-state index in [1.54, 1.807) is 7.11 Å². The summed E-state index contributed by atoms with van der Waals surface area (Å²) in [5.41, 5.74) is 5.68. The monoisotopic (exact) mass is 212 g/mol. The quantitative estimate of drug-likeness (QED) is 0.470. The van der Waals surface area contributed by atoms with E-state index in [1.807, 2.05) is 6.92 Å². The van der Waals surface area contributed by atoms with E-state index in [0.29, 0.717) is 19.4 Å². The summed E-state index contributed by atoms with van der Waals surface area (Å²) in [5, 5.41) is 2.70. The standard InChI is InChI=1S/C11H20N2O2/c1-4-9(5-2)13-11(14)10(12)7-6-8-15-3/h1,9-10H,5-8,12H2,2-3H3,(H,13,14). The number of hydrogen-bond acceptors (Lipinski definition) is 3. The van der Waals surface area contributed by atoms with Gasteiger partial charge in [-0.1, -0.05) is 12.8 Å². The minimum absolute atomic E-state index is 0.184. The fourth-order valence-electron chi connectivity index (χ4n) is 1.12. The molecule has 0 saturated carbocycles. The number of terminal acetylenes is 1. The molecule has 0 spiro atoms. The van der Waals surface area contributed by atoms with Gasteiger partial charge in [0.25, 0.3) is 0 Å². The highest BCUT2D eigenvalue weighted by Gasteiger charge is 2.15. The molecule has 0 aromatic carbocycles. The highest BCUT2D eigenvalue weighted by atomic mass is 16.5. The summed E-state index contributed by atoms with van der Waals surface area (Å²) >= 11 is 0. The van der Waals surface area contributed by atoms with Gasteiger partial charge >= 0.3 is 0 Å². The van der Waals surface area contributed by atoms with Crippen LogP contribution >= 0.6 is 0 Å². The van der Waals surface area contributed by atoms with Crippen molar-refractivity contribution in [2.75, 3.05) is 13.7 Å². The highest BCUT2D eigenvalue weighted by Crippen LogP contribution is 1.97.